The molecule has 0 bridgehead atoms. The first kappa shape index (κ1) is 29.4. The third-order valence-electron chi connectivity index (χ3n) is 8.30. The van der Waals surface area contributed by atoms with E-state index in [2.05, 4.69) is 40.2 Å². The summed E-state index contributed by atoms with van der Waals surface area (Å²) in [5.41, 5.74) is 5.71. The van der Waals surface area contributed by atoms with Gasteiger partial charge in [0.25, 0.3) is 5.91 Å². The molecule has 0 radical (unpaired) electrons. The van der Waals surface area contributed by atoms with Crippen LogP contribution in [0.1, 0.15) is 46.8 Å². The van der Waals surface area contributed by atoms with Gasteiger partial charge in [-0.15, -0.1) is 6.42 Å². The number of nitrogens with zero attached hydrogens (tertiary/aromatic N) is 4. The van der Waals surface area contributed by atoms with E-state index in [9.17, 15) is 13.2 Å². The van der Waals surface area contributed by atoms with Crippen molar-refractivity contribution in [2.75, 3.05) is 47.8 Å². The van der Waals surface area contributed by atoms with E-state index >= 15 is 0 Å². The van der Waals surface area contributed by atoms with Gasteiger partial charge in [-0.25, -0.2) is 18.5 Å². The Bertz CT molecular complexity index is 1630. The van der Waals surface area contributed by atoms with Crippen LogP contribution in [0, 0.1) is 26.2 Å². The van der Waals surface area contributed by atoms with Gasteiger partial charge in [-0.2, -0.15) is 0 Å². The summed E-state index contributed by atoms with van der Waals surface area (Å²) in [6.45, 7) is 9.13. The number of amides is 1. The number of para-hydroxylation sites is 1. The number of piperidine rings is 1. The standard InChI is InChI=1S/C32H38N6O3S/c1-5-25-9-6-7-10-29(25)36-15-12-26(13-16-36)35-28-20-27(22(2)19-23(28)3)32(39)37-17-18-38(24(4)21-37)31-30(42(33,40)41)11-8-14-34-31/h1,6-11,14,19-20,24,26,35H,12-13,15-18,21H2,2-4H3,(H2,33,40,41)/t24-/m1/s1. The first-order valence-electron chi connectivity index (χ1n) is 14.3. The third-order valence-corrected chi connectivity index (χ3v) is 9.23. The Hall–Kier alpha value is -4.07. The molecular weight excluding hydrogens is 548 g/mol. The maximum absolute atomic E-state index is 13.8. The van der Waals surface area contributed by atoms with E-state index in [1.807, 2.05) is 47.9 Å². The molecule has 3 heterocycles. The molecule has 3 N–H and O–H groups in total. The monoisotopic (exact) mass is 586 g/mol. The summed E-state index contributed by atoms with van der Waals surface area (Å²) in [6.07, 6.45) is 9.20. The number of sulfonamides is 1. The number of nitrogens with two attached hydrogens (primary N) is 1. The molecular formula is C32H38N6O3S. The van der Waals surface area contributed by atoms with Crippen LogP contribution in [0.2, 0.25) is 0 Å². The molecule has 1 aromatic heterocycles. The van der Waals surface area contributed by atoms with Gasteiger partial charge in [-0.05, 0) is 75.1 Å². The molecule has 2 aliphatic rings. The van der Waals surface area contributed by atoms with Crippen molar-refractivity contribution in [2.45, 2.75) is 50.6 Å². The van der Waals surface area contributed by atoms with E-state index in [1.54, 1.807) is 12.3 Å². The van der Waals surface area contributed by atoms with Crippen LogP contribution in [0.4, 0.5) is 17.2 Å². The van der Waals surface area contributed by atoms with Crippen LogP contribution in [0.3, 0.4) is 0 Å². The predicted octanol–water partition coefficient (Wildman–Crippen LogP) is 3.76. The maximum atomic E-state index is 13.8. The van der Waals surface area contributed by atoms with Gasteiger partial charge in [0.2, 0.25) is 10.0 Å². The smallest absolute Gasteiger partial charge is 0.254 e. The second-order valence-corrected chi connectivity index (χ2v) is 12.7. The number of hydrogen-bond donors (Lipinski definition) is 2. The van der Waals surface area contributed by atoms with Gasteiger partial charge in [0.1, 0.15) is 10.7 Å². The number of primary sulfonamides is 1. The molecule has 220 valence electrons. The fourth-order valence-electron chi connectivity index (χ4n) is 6.04. The summed E-state index contributed by atoms with van der Waals surface area (Å²) in [4.78, 5) is 24.2. The van der Waals surface area contributed by atoms with Gasteiger partial charge < -0.3 is 20.0 Å². The van der Waals surface area contributed by atoms with Crippen LogP contribution in [0.15, 0.2) is 59.6 Å². The minimum absolute atomic E-state index is 0.00666. The van der Waals surface area contributed by atoms with Crippen molar-refractivity contribution in [1.29, 1.82) is 0 Å². The number of terminal acetylenes is 1. The SMILES string of the molecule is C#Cc1ccccc1N1CCC(Nc2cc(C(=O)N3CCN(c4ncccc4S(N)(=O)=O)[C@H](C)C3)c(C)cc2C)CC1. The number of hydrogen-bond acceptors (Lipinski definition) is 7. The van der Waals surface area contributed by atoms with Crippen LogP contribution in [-0.4, -0.2) is 69.0 Å². The Morgan fingerprint density at radius 1 is 1.05 bits per heavy atom. The van der Waals surface area contributed by atoms with Gasteiger partial charge >= 0.3 is 0 Å². The molecule has 9 nitrogen and oxygen atoms in total. The topological polar surface area (TPSA) is 112 Å². The Kier molecular flexibility index (Phi) is 8.43. The average molecular weight is 587 g/mol. The molecule has 2 aromatic carbocycles. The fraction of sp³-hybridized carbons (Fsp3) is 0.375. The zero-order chi connectivity index (χ0) is 30.0. The second kappa shape index (κ2) is 12.0. The summed E-state index contributed by atoms with van der Waals surface area (Å²) in [6, 6.07) is 15.3. The molecule has 3 aromatic rings. The molecule has 0 saturated carbocycles. The highest BCUT2D eigenvalue weighted by atomic mass is 32.2. The van der Waals surface area contributed by atoms with Crippen molar-refractivity contribution in [3.63, 3.8) is 0 Å². The summed E-state index contributed by atoms with van der Waals surface area (Å²) in [5, 5.41) is 9.15. The summed E-state index contributed by atoms with van der Waals surface area (Å²) < 4.78 is 24.3. The highest BCUT2D eigenvalue weighted by Gasteiger charge is 2.32. The molecule has 1 amide bonds. The number of aryl methyl sites for hydroxylation is 2. The van der Waals surface area contributed by atoms with E-state index in [-0.39, 0.29) is 16.8 Å². The molecule has 0 unspecified atom stereocenters. The molecule has 2 fully saturated rings. The highest BCUT2D eigenvalue weighted by Crippen LogP contribution is 2.29. The lowest BCUT2D eigenvalue weighted by molar-refractivity contribution is 0.0725. The number of aromatic nitrogens is 1. The number of carbonyl (C=O) groups is 1. The van der Waals surface area contributed by atoms with Crippen molar-refractivity contribution in [3.8, 4) is 12.3 Å². The number of anilines is 3. The highest BCUT2D eigenvalue weighted by molar-refractivity contribution is 7.89. The van der Waals surface area contributed by atoms with Crippen LogP contribution in [-0.2, 0) is 10.0 Å². The van der Waals surface area contributed by atoms with Crippen molar-refractivity contribution in [1.82, 2.24) is 9.88 Å². The molecule has 2 aliphatic heterocycles. The first-order valence-corrected chi connectivity index (χ1v) is 15.8. The lowest BCUT2D eigenvalue weighted by atomic mass is 9.99. The summed E-state index contributed by atoms with van der Waals surface area (Å²) in [7, 11) is -3.93. The van der Waals surface area contributed by atoms with Crippen LogP contribution in [0.5, 0.6) is 0 Å². The second-order valence-electron chi connectivity index (χ2n) is 11.2. The molecule has 10 heteroatoms. The van der Waals surface area contributed by atoms with Crippen molar-refractivity contribution in [3.05, 3.63) is 77.0 Å². The number of benzene rings is 2. The third kappa shape index (κ3) is 6.08. The predicted molar refractivity (Wildman–Crippen MR) is 167 cm³/mol. The van der Waals surface area contributed by atoms with E-state index in [0.29, 0.717) is 37.1 Å². The minimum atomic E-state index is -3.93. The number of piperazine rings is 1. The van der Waals surface area contributed by atoms with E-state index in [0.717, 1.165) is 54.0 Å². The van der Waals surface area contributed by atoms with E-state index in [4.69, 9.17) is 11.6 Å². The summed E-state index contributed by atoms with van der Waals surface area (Å²) in [5.74, 6) is 3.09. The van der Waals surface area contributed by atoms with Gasteiger partial charge in [0, 0.05) is 67.8 Å². The molecule has 0 spiro atoms. The molecule has 42 heavy (non-hydrogen) atoms. The van der Waals surface area contributed by atoms with Gasteiger partial charge in [-0.1, -0.05) is 24.1 Å². The molecule has 5 rings (SSSR count). The minimum Gasteiger partial charge on any atom is -0.382 e. The van der Waals surface area contributed by atoms with Crippen LogP contribution in [0.25, 0.3) is 0 Å². The quantitative estimate of drug-likeness (QED) is 0.423. The van der Waals surface area contributed by atoms with Gasteiger partial charge in [0.15, 0.2) is 0 Å². The number of rotatable bonds is 6. The zero-order valence-corrected chi connectivity index (χ0v) is 25.2. The fourth-order valence-corrected chi connectivity index (χ4v) is 6.73. The van der Waals surface area contributed by atoms with Crippen molar-refractivity contribution < 1.29 is 13.2 Å². The van der Waals surface area contributed by atoms with E-state index in [1.165, 1.54) is 6.07 Å². The van der Waals surface area contributed by atoms with Crippen LogP contribution >= 0.6 is 0 Å². The van der Waals surface area contributed by atoms with Gasteiger partial charge in [0.05, 0.1) is 5.69 Å². The van der Waals surface area contributed by atoms with E-state index < -0.39 is 10.0 Å². The lowest BCUT2D eigenvalue weighted by Crippen LogP contribution is -2.54. The summed E-state index contributed by atoms with van der Waals surface area (Å²) >= 11 is 0. The number of nitrogens with one attached hydrogen (secondary N) is 1. The lowest BCUT2D eigenvalue weighted by Gasteiger charge is -2.41. The Labute approximate surface area is 248 Å². The normalized spacial score (nSPS) is 18.1. The maximum Gasteiger partial charge on any atom is 0.254 e. The number of carbonyl (C=O) groups excluding carboxylic acids is 1. The number of pyridine rings is 1. The Balaban J connectivity index is 1.26. The molecule has 1 atom stereocenters. The Morgan fingerprint density at radius 3 is 2.48 bits per heavy atom. The Morgan fingerprint density at radius 2 is 1.79 bits per heavy atom. The zero-order valence-electron chi connectivity index (χ0n) is 24.4. The average Bonchev–Trinajstić information content (AvgIpc) is 2.98. The van der Waals surface area contributed by atoms with Crippen LogP contribution < -0.4 is 20.3 Å². The van der Waals surface area contributed by atoms with Crippen molar-refractivity contribution >= 4 is 33.1 Å². The largest absolute Gasteiger partial charge is 0.382 e. The first-order chi connectivity index (χ1) is 20.1. The molecule has 2 saturated heterocycles. The van der Waals surface area contributed by atoms with Gasteiger partial charge in [-0.3, -0.25) is 4.79 Å². The van der Waals surface area contributed by atoms with Crippen molar-refractivity contribution in [2.24, 2.45) is 5.14 Å². The molecule has 0 aliphatic carbocycles.